The second-order valence-electron chi connectivity index (χ2n) is 5.34. The largest absolute Gasteiger partial charge is 0.382 e. The third kappa shape index (κ3) is 3.26. The fraction of sp³-hybridized carbons (Fsp3) is 0.125. The summed E-state index contributed by atoms with van der Waals surface area (Å²) in [6.07, 6.45) is 1.34. The molecule has 0 aliphatic heterocycles. The number of hydrogen-bond donors (Lipinski definition) is 2. The highest BCUT2D eigenvalue weighted by Gasteiger charge is 2.28. The van der Waals surface area contributed by atoms with E-state index >= 15 is 0 Å². The van der Waals surface area contributed by atoms with Gasteiger partial charge in [0.2, 0.25) is 17.5 Å². The number of thiazole rings is 1. The lowest BCUT2D eigenvalue weighted by Gasteiger charge is -2.26. The minimum absolute atomic E-state index is 0.0168. The van der Waals surface area contributed by atoms with Crippen molar-refractivity contribution in [3.8, 4) is 0 Å². The average Bonchev–Trinajstić information content (AvgIpc) is 3.26. The maximum atomic E-state index is 13.2. The van der Waals surface area contributed by atoms with Gasteiger partial charge in [-0.25, -0.2) is 9.37 Å². The van der Waals surface area contributed by atoms with Gasteiger partial charge >= 0.3 is 0 Å². The van der Waals surface area contributed by atoms with E-state index in [-0.39, 0.29) is 21.6 Å². The summed E-state index contributed by atoms with van der Waals surface area (Å²) in [5, 5.41) is 3.75. The van der Waals surface area contributed by atoms with Crippen molar-refractivity contribution in [3.63, 3.8) is 0 Å². The summed E-state index contributed by atoms with van der Waals surface area (Å²) < 4.78 is 18.1. The Morgan fingerprint density at radius 2 is 1.96 bits per heavy atom. The van der Waals surface area contributed by atoms with Crippen LogP contribution >= 0.6 is 11.3 Å². The van der Waals surface area contributed by atoms with Crippen molar-refractivity contribution in [1.82, 2.24) is 10.1 Å². The van der Waals surface area contributed by atoms with E-state index < -0.39 is 23.5 Å². The van der Waals surface area contributed by atoms with Gasteiger partial charge in [-0.05, 0) is 31.2 Å². The number of ketones is 1. The number of aromatic nitrogens is 2. The van der Waals surface area contributed by atoms with E-state index in [9.17, 15) is 14.0 Å². The number of anilines is 3. The Kier molecular flexibility index (Phi) is 4.67. The van der Waals surface area contributed by atoms with E-state index in [1.165, 1.54) is 41.4 Å². The van der Waals surface area contributed by atoms with E-state index in [0.29, 0.717) is 5.69 Å². The number of amides is 1. The lowest BCUT2D eigenvalue weighted by Crippen LogP contribution is -2.39. The molecule has 26 heavy (non-hydrogen) atoms. The molecule has 0 unspecified atom stereocenters. The van der Waals surface area contributed by atoms with E-state index in [4.69, 9.17) is 16.0 Å². The van der Waals surface area contributed by atoms with Gasteiger partial charge < -0.3 is 20.9 Å². The Labute approximate surface area is 151 Å². The van der Waals surface area contributed by atoms with Gasteiger partial charge in [-0.3, -0.25) is 9.59 Å². The normalized spacial score (nSPS) is 11.9. The summed E-state index contributed by atoms with van der Waals surface area (Å²) in [5.74, 6) is -1.53. The number of primary amides is 1. The highest BCUT2D eigenvalue weighted by atomic mass is 32.1. The maximum absolute atomic E-state index is 13.2. The number of halogens is 1. The molecule has 4 N–H and O–H groups in total. The van der Waals surface area contributed by atoms with Crippen LogP contribution in [0.3, 0.4) is 0 Å². The molecule has 134 valence electrons. The molecule has 1 atom stereocenters. The van der Waals surface area contributed by atoms with Gasteiger partial charge in [-0.15, -0.1) is 0 Å². The molecular weight excluding hydrogens is 361 g/mol. The molecule has 0 radical (unpaired) electrons. The molecule has 1 aromatic carbocycles. The van der Waals surface area contributed by atoms with Gasteiger partial charge in [0.25, 0.3) is 0 Å². The molecule has 0 saturated heterocycles. The van der Waals surface area contributed by atoms with Crippen molar-refractivity contribution in [1.29, 1.82) is 0 Å². The predicted octanol–water partition coefficient (Wildman–Crippen LogP) is 2.10. The molecule has 0 bridgehead atoms. The van der Waals surface area contributed by atoms with Crippen molar-refractivity contribution >= 4 is 39.7 Å². The minimum atomic E-state index is -0.806. The van der Waals surface area contributed by atoms with Gasteiger partial charge in [0.1, 0.15) is 22.6 Å². The highest BCUT2D eigenvalue weighted by Crippen LogP contribution is 2.35. The monoisotopic (exact) mass is 375 g/mol. The van der Waals surface area contributed by atoms with E-state index in [1.54, 1.807) is 6.92 Å². The van der Waals surface area contributed by atoms with Crippen molar-refractivity contribution in [2.45, 2.75) is 13.0 Å². The third-order valence-corrected chi connectivity index (χ3v) is 4.69. The maximum Gasteiger partial charge on any atom is 0.244 e. The van der Waals surface area contributed by atoms with Gasteiger partial charge in [-0.2, -0.15) is 0 Å². The summed E-state index contributed by atoms with van der Waals surface area (Å²) in [4.78, 5) is 30.0. The van der Waals surface area contributed by atoms with Crippen LogP contribution in [0, 0.1) is 5.82 Å². The Bertz CT molecular complexity index is 939. The lowest BCUT2D eigenvalue weighted by atomic mass is 10.2. The molecule has 2 heterocycles. The Balaban J connectivity index is 2.05. The van der Waals surface area contributed by atoms with Gasteiger partial charge in [0, 0.05) is 11.8 Å². The molecule has 3 rings (SSSR count). The van der Waals surface area contributed by atoms with Crippen LogP contribution in [0.25, 0.3) is 0 Å². The van der Waals surface area contributed by atoms with Crippen LogP contribution in [0.1, 0.15) is 22.4 Å². The molecule has 8 nitrogen and oxygen atoms in total. The van der Waals surface area contributed by atoms with Crippen molar-refractivity contribution in [2.24, 2.45) is 5.73 Å². The van der Waals surface area contributed by atoms with Gasteiger partial charge in [0.05, 0.1) is 6.20 Å². The first-order valence-corrected chi connectivity index (χ1v) is 8.26. The van der Waals surface area contributed by atoms with E-state index in [2.05, 4.69) is 10.1 Å². The molecule has 3 aromatic rings. The zero-order valence-electron chi connectivity index (χ0n) is 13.5. The summed E-state index contributed by atoms with van der Waals surface area (Å²) >= 11 is 0.970. The smallest absolute Gasteiger partial charge is 0.244 e. The van der Waals surface area contributed by atoms with Crippen LogP contribution in [0.2, 0.25) is 0 Å². The average molecular weight is 375 g/mol. The number of benzene rings is 1. The highest BCUT2D eigenvalue weighted by molar-refractivity contribution is 7.18. The summed E-state index contributed by atoms with van der Waals surface area (Å²) in [6, 6.07) is 6.04. The van der Waals surface area contributed by atoms with Crippen molar-refractivity contribution in [2.75, 3.05) is 10.6 Å². The lowest BCUT2D eigenvalue weighted by molar-refractivity contribution is -0.118. The number of hydrogen-bond acceptors (Lipinski definition) is 8. The van der Waals surface area contributed by atoms with Gasteiger partial charge in [0.15, 0.2) is 5.13 Å². The first-order chi connectivity index (χ1) is 12.4. The molecule has 10 heteroatoms. The summed E-state index contributed by atoms with van der Waals surface area (Å²) in [7, 11) is 0. The van der Waals surface area contributed by atoms with Crippen molar-refractivity contribution < 1.29 is 18.5 Å². The van der Waals surface area contributed by atoms with Crippen LogP contribution in [0.15, 0.2) is 41.1 Å². The third-order valence-electron chi connectivity index (χ3n) is 3.62. The van der Waals surface area contributed by atoms with Gasteiger partial charge in [-0.1, -0.05) is 16.5 Å². The molecule has 0 spiro atoms. The summed E-state index contributed by atoms with van der Waals surface area (Å²) in [6.45, 7) is 1.57. The zero-order chi connectivity index (χ0) is 18.8. The molecule has 0 saturated carbocycles. The molecule has 0 aliphatic rings. The number of nitrogen functional groups attached to an aromatic ring is 1. The minimum Gasteiger partial charge on any atom is -0.382 e. The Morgan fingerprint density at radius 3 is 2.54 bits per heavy atom. The molecule has 1 amide bonds. The first-order valence-electron chi connectivity index (χ1n) is 7.44. The van der Waals surface area contributed by atoms with Crippen LogP contribution in [-0.2, 0) is 4.79 Å². The van der Waals surface area contributed by atoms with Crippen molar-refractivity contribution in [3.05, 3.63) is 53.0 Å². The molecule has 0 fully saturated rings. The van der Waals surface area contributed by atoms with Crippen LogP contribution in [-0.4, -0.2) is 27.9 Å². The zero-order valence-corrected chi connectivity index (χ0v) is 14.4. The molecule has 0 aliphatic carbocycles. The number of nitrogens with zero attached hydrogens (tertiary/aromatic N) is 3. The fourth-order valence-corrected chi connectivity index (χ4v) is 3.29. The number of carbonyl (C=O) groups is 2. The number of carbonyl (C=O) groups excluding carboxylic acids is 2. The fourth-order valence-electron chi connectivity index (χ4n) is 2.26. The Morgan fingerprint density at radius 1 is 1.27 bits per heavy atom. The second-order valence-corrected chi connectivity index (χ2v) is 6.32. The Hall–Kier alpha value is -3.27. The molecule has 2 aromatic heterocycles. The van der Waals surface area contributed by atoms with E-state index in [1.807, 2.05) is 0 Å². The van der Waals surface area contributed by atoms with Crippen LogP contribution in [0.4, 0.5) is 21.0 Å². The van der Waals surface area contributed by atoms with Crippen LogP contribution < -0.4 is 16.4 Å². The second kappa shape index (κ2) is 6.92. The number of rotatable bonds is 6. The topological polar surface area (TPSA) is 128 Å². The number of nitrogens with two attached hydrogens (primary N) is 2. The van der Waals surface area contributed by atoms with Crippen LogP contribution in [0.5, 0.6) is 0 Å². The standard InChI is InChI=1S/C16H14FN5O3S/c1-8(15(19)24)22(10-4-2-9(17)3-5-10)16-21-14(18)13(26-16)12(23)11-6-7-20-25-11/h2-8H,18H2,1H3,(H2,19,24)/t8-/m1/s1. The quantitative estimate of drug-likeness (QED) is 0.631. The molecular formula is C16H14FN5O3S. The SMILES string of the molecule is C[C@H](C(N)=O)N(c1ccc(F)cc1)c1nc(N)c(C(=O)c2ccno2)s1. The predicted molar refractivity (Wildman–Crippen MR) is 93.7 cm³/mol. The summed E-state index contributed by atoms with van der Waals surface area (Å²) in [5.41, 5.74) is 11.8. The van der Waals surface area contributed by atoms with E-state index in [0.717, 1.165) is 11.3 Å². The first kappa shape index (κ1) is 17.5.